The van der Waals surface area contributed by atoms with Gasteiger partial charge in [-0.3, -0.25) is 9.59 Å². The summed E-state index contributed by atoms with van der Waals surface area (Å²) in [7, 11) is 1.28. The van der Waals surface area contributed by atoms with Crippen LogP contribution >= 0.6 is 0 Å². The summed E-state index contributed by atoms with van der Waals surface area (Å²) in [5, 5.41) is 11.8. The molecule has 20 heavy (non-hydrogen) atoms. The second kappa shape index (κ2) is 7.26. The van der Waals surface area contributed by atoms with Gasteiger partial charge in [-0.2, -0.15) is 0 Å². The van der Waals surface area contributed by atoms with Crippen LogP contribution in [0.3, 0.4) is 0 Å². The molecule has 1 aliphatic rings. The van der Waals surface area contributed by atoms with Crippen LogP contribution in [-0.4, -0.2) is 36.1 Å². The molecule has 2 N–H and O–H groups in total. The SMILES string of the molecule is CCC(C)C(NC(=O)C1CCCC1C(=O)O)C(=O)OC. The topological polar surface area (TPSA) is 92.7 Å². The van der Waals surface area contributed by atoms with E-state index >= 15 is 0 Å². The van der Waals surface area contributed by atoms with Crippen molar-refractivity contribution < 1.29 is 24.2 Å². The second-order valence-electron chi connectivity index (χ2n) is 5.38. The lowest BCUT2D eigenvalue weighted by atomic mass is 9.93. The Bertz CT molecular complexity index is 382. The minimum absolute atomic E-state index is 0.0592. The number of nitrogens with one attached hydrogen (secondary N) is 1. The van der Waals surface area contributed by atoms with Gasteiger partial charge in [-0.15, -0.1) is 0 Å². The number of ether oxygens (including phenoxy) is 1. The molecule has 1 aliphatic carbocycles. The van der Waals surface area contributed by atoms with Gasteiger partial charge in [-0.05, 0) is 18.8 Å². The lowest BCUT2D eigenvalue weighted by Gasteiger charge is -2.24. The van der Waals surface area contributed by atoms with Crippen molar-refractivity contribution in [3.63, 3.8) is 0 Å². The molecule has 1 fully saturated rings. The van der Waals surface area contributed by atoms with E-state index < -0.39 is 29.8 Å². The summed E-state index contributed by atoms with van der Waals surface area (Å²) in [5.74, 6) is -3.05. The Kier molecular flexibility index (Phi) is 5.98. The molecule has 0 spiro atoms. The number of esters is 1. The zero-order chi connectivity index (χ0) is 15.3. The van der Waals surface area contributed by atoms with Gasteiger partial charge in [0.2, 0.25) is 5.91 Å². The Hall–Kier alpha value is -1.59. The molecule has 0 aromatic carbocycles. The van der Waals surface area contributed by atoms with E-state index in [2.05, 4.69) is 5.32 Å². The molecule has 114 valence electrons. The fourth-order valence-electron chi connectivity index (χ4n) is 2.63. The number of methoxy groups -OCH3 is 1. The molecule has 0 saturated heterocycles. The summed E-state index contributed by atoms with van der Waals surface area (Å²) in [6.45, 7) is 3.77. The second-order valence-corrected chi connectivity index (χ2v) is 5.38. The molecule has 0 bridgehead atoms. The van der Waals surface area contributed by atoms with Crippen LogP contribution in [0.4, 0.5) is 0 Å². The molecule has 1 saturated carbocycles. The van der Waals surface area contributed by atoms with Crippen molar-refractivity contribution in [3.05, 3.63) is 0 Å². The van der Waals surface area contributed by atoms with Crippen LogP contribution in [0.2, 0.25) is 0 Å². The van der Waals surface area contributed by atoms with E-state index in [1.807, 2.05) is 13.8 Å². The molecule has 0 aromatic heterocycles. The number of carboxylic acids is 1. The summed E-state index contributed by atoms with van der Waals surface area (Å²) in [4.78, 5) is 35.1. The average molecular weight is 285 g/mol. The van der Waals surface area contributed by atoms with Gasteiger partial charge in [0.15, 0.2) is 0 Å². The molecule has 1 rings (SSSR count). The summed E-state index contributed by atoms with van der Waals surface area (Å²) in [5.41, 5.74) is 0. The lowest BCUT2D eigenvalue weighted by molar-refractivity contribution is -0.149. The predicted octanol–water partition coefficient (Wildman–Crippen LogP) is 1.19. The molecular formula is C14H23NO5. The zero-order valence-electron chi connectivity index (χ0n) is 12.2. The highest BCUT2D eigenvalue weighted by Crippen LogP contribution is 2.32. The first kappa shape index (κ1) is 16.5. The fraction of sp³-hybridized carbons (Fsp3) is 0.786. The number of amides is 1. The molecular weight excluding hydrogens is 262 g/mol. The maximum Gasteiger partial charge on any atom is 0.328 e. The molecule has 0 aromatic rings. The number of carboxylic acid groups (broad SMARTS) is 1. The van der Waals surface area contributed by atoms with Crippen LogP contribution < -0.4 is 5.32 Å². The van der Waals surface area contributed by atoms with E-state index in [1.54, 1.807) is 0 Å². The van der Waals surface area contributed by atoms with Crippen molar-refractivity contribution in [2.24, 2.45) is 17.8 Å². The molecule has 0 heterocycles. The van der Waals surface area contributed by atoms with Gasteiger partial charge in [0.05, 0.1) is 18.9 Å². The van der Waals surface area contributed by atoms with Gasteiger partial charge in [0.1, 0.15) is 6.04 Å². The number of hydrogen-bond donors (Lipinski definition) is 2. The van der Waals surface area contributed by atoms with Gasteiger partial charge < -0.3 is 15.2 Å². The third-order valence-electron chi connectivity index (χ3n) is 4.14. The van der Waals surface area contributed by atoms with E-state index in [0.29, 0.717) is 19.3 Å². The molecule has 4 atom stereocenters. The van der Waals surface area contributed by atoms with Crippen molar-refractivity contribution in [1.82, 2.24) is 5.32 Å². The summed E-state index contributed by atoms with van der Waals surface area (Å²) >= 11 is 0. The number of aliphatic carboxylic acids is 1. The normalized spacial score (nSPS) is 24.8. The number of hydrogen-bond acceptors (Lipinski definition) is 4. The van der Waals surface area contributed by atoms with Crippen LogP contribution in [0.1, 0.15) is 39.5 Å². The van der Waals surface area contributed by atoms with Crippen LogP contribution in [0, 0.1) is 17.8 Å². The molecule has 6 heteroatoms. The maximum atomic E-state index is 12.2. The highest BCUT2D eigenvalue weighted by Gasteiger charge is 2.39. The van der Waals surface area contributed by atoms with E-state index in [0.717, 1.165) is 6.42 Å². The van der Waals surface area contributed by atoms with Crippen LogP contribution in [0.5, 0.6) is 0 Å². The third-order valence-corrected chi connectivity index (χ3v) is 4.14. The quantitative estimate of drug-likeness (QED) is 0.715. The standard InChI is InChI=1S/C14H23NO5/c1-4-8(2)11(14(19)20-3)15-12(16)9-6-5-7-10(9)13(17)18/h8-11H,4-7H2,1-3H3,(H,15,16)(H,17,18). The minimum Gasteiger partial charge on any atom is -0.481 e. The highest BCUT2D eigenvalue weighted by atomic mass is 16.5. The minimum atomic E-state index is -0.944. The number of carbonyl (C=O) groups excluding carboxylic acids is 2. The lowest BCUT2D eigenvalue weighted by Crippen LogP contribution is -2.48. The largest absolute Gasteiger partial charge is 0.481 e. The summed E-state index contributed by atoms with van der Waals surface area (Å²) < 4.78 is 4.70. The van der Waals surface area contributed by atoms with Crippen molar-refractivity contribution in [1.29, 1.82) is 0 Å². The van der Waals surface area contributed by atoms with E-state index in [-0.39, 0.29) is 11.8 Å². The van der Waals surface area contributed by atoms with Crippen LogP contribution in [-0.2, 0) is 19.1 Å². The molecule has 1 amide bonds. The van der Waals surface area contributed by atoms with Crippen molar-refractivity contribution in [3.8, 4) is 0 Å². The molecule has 6 nitrogen and oxygen atoms in total. The predicted molar refractivity (Wildman–Crippen MR) is 71.9 cm³/mol. The van der Waals surface area contributed by atoms with Crippen LogP contribution in [0.25, 0.3) is 0 Å². The molecule has 0 radical (unpaired) electrons. The highest BCUT2D eigenvalue weighted by molar-refractivity contribution is 5.89. The van der Waals surface area contributed by atoms with Gasteiger partial charge in [0, 0.05) is 0 Å². The zero-order valence-corrected chi connectivity index (χ0v) is 12.2. The number of carbonyl (C=O) groups is 3. The third kappa shape index (κ3) is 3.71. The van der Waals surface area contributed by atoms with Crippen LogP contribution in [0.15, 0.2) is 0 Å². The Balaban J connectivity index is 2.75. The fourth-order valence-corrected chi connectivity index (χ4v) is 2.63. The Morgan fingerprint density at radius 3 is 2.40 bits per heavy atom. The maximum absolute atomic E-state index is 12.2. The van der Waals surface area contributed by atoms with Gasteiger partial charge >= 0.3 is 11.9 Å². The first-order chi connectivity index (χ1) is 9.42. The average Bonchev–Trinajstić information content (AvgIpc) is 2.92. The van der Waals surface area contributed by atoms with E-state index in [1.165, 1.54) is 7.11 Å². The Morgan fingerprint density at radius 2 is 1.90 bits per heavy atom. The molecule has 0 aliphatic heterocycles. The number of rotatable bonds is 6. The Labute approximate surface area is 118 Å². The first-order valence-corrected chi connectivity index (χ1v) is 7.03. The smallest absolute Gasteiger partial charge is 0.328 e. The van der Waals surface area contributed by atoms with Gasteiger partial charge in [-0.1, -0.05) is 26.7 Å². The van der Waals surface area contributed by atoms with E-state index in [9.17, 15) is 14.4 Å². The van der Waals surface area contributed by atoms with E-state index in [4.69, 9.17) is 9.84 Å². The summed E-state index contributed by atoms with van der Waals surface area (Å²) in [6, 6.07) is -0.715. The van der Waals surface area contributed by atoms with Gasteiger partial charge in [0.25, 0.3) is 0 Å². The Morgan fingerprint density at radius 1 is 1.30 bits per heavy atom. The van der Waals surface area contributed by atoms with Crippen molar-refractivity contribution in [2.45, 2.75) is 45.6 Å². The van der Waals surface area contributed by atoms with Crippen molar-refractivity contribution >= 4 is 17.8 Å². The molecule has 4 unspecified atom stereocenters. The van der Waals surface area contributed by atoms with Crippen molar-refractivity contribution in [2.75, 3.05) is 7.11 Å². The first-order valence-electron chi connectivity index (χ1n) is 7.03. The monoisotopic (exact) mass is 285 g/mol. The summed E-state index contributed by atoms with van der Waals surface area (Å²) in [6.07, 6.45) is 2.51. The van der Waals surface area contributed by atoms with Gasteiger partial charge in [-0.25, -0.2) is 4.79 Å².